The number of aromatic nitrogens is 2. The molecule has 0 unspecified atom stereocenters. The monoisotopic (exact) mass is 369 g/mol. The second kappa shape index (κ2) is 8.17. The van der Waals surface area contributed by atoms with Crippen molar-refractivity contribution in [1.29, 1.82) is 0 Å². The molecule has 3 rings (SSSR count). The van der Waals surface area contributed by atoms with E-state index in [0.717, 1.165) is 11.3 Å². The van der Waals surface area contributed by atoms with Crippen molar-refractivity contribution in [3.05, 3.63) is 71.4 Å². The molecule has 0 bridgehead atoms. The van der Waals surface area contributed by atoms with Gasteiger partial charge in [-0.05, 0) is 37.3 Å². The van der Waals surface area contributed by atoms with Crippen LogP contribution in [0.5, 0.6) is 0 Å². The Labute approximate surface area is 157 Å². The molecule has 0 spiro atoms. The lowest BCUT2D eigenvalue weighted by atomic mass is 10.1. The molecule has 0 aliphatic rings. The highest BCUT2D eigenvalue weighted by Gasteiger charge is 2.21. The first kappa shape index (κ1) is 18.2. The minimum atomic E-state index is -0.168. The lowest BCUT2D eigenvalue weighted by Gasteiger charge is -2.20. The van der Waals surface area contributed by atoms with Crippen molar-refractivity contribution in [2.24, 2.45) is 0 Å². The maximum atomic E-state index is 13.0. The molecule has 1 amide bonds. The van der Waals surface area contributed by atoms with Crippen molar-refractivity contribution in [1.82, 2.24) is 14.7 Å². The lowest BCUT2D eigenvalue weighted by molar-refractivity contribution is 0.0723. The standard InChI is InChI=1S/C20H20ClN3O2/c1-2-23(12-13-25)20(26)19-14-18(15-8-10-16(21)11-9-15)22-24(19)17-6-4-3-5-7-17/h3-11,14,25H,2,12-13H2,1H3. The molecule has 3 aromatic rings. The van der Waals surface area contributed by atoms with Gasteiger partial charge >= 0.3 is 0 Å². The summed E-state index contributed by atoms with van der Waals surface area (Å²) in [4.78, 5) is 14.6. The molecule has 0 aliphatic heterocycles. The number of hydrogen-bond donors (Lipinski definition) is 1. The lowest BCUT2D eigenvalue weighted by Crippen LogP contribution is -2.34. The van der Waals surface area contributed by atoms with Crippen LogP contribution < -0.4 is 0 Å². The summed E-state index contributed by atoms with van der Waals surface area (Å²) in [6.07, 6.45) is 0. The second-order valence-electron chi connectivity index (χ2n) is 5.78. The molecule has 0 fully saturated rings. The number of amides is 1. The Morgan fingerprint density at radius 2 is 1.85 bits per heavy atom. The Balaban J connectivity index is 2.09. The predicted molar refractivity (Wildman–Crippen MR) is 103 cm³/mol. The zero-order chi connectivity index (χ0) is 18.5. The van der Waals surface area contributed by atoms with E-state index in [1.165, 1.54) is 0 Å². The average molecular weight is 370 g/mol. The average Bonchev–Trinajstić information content (AvgIpc) is 3.12. The van der Waals surface area contributed by atoms with Crippen LogP contribution in [0.4, 0.5) is 0 Å². The van der Waals surface area contributed by atoms with Crippen LogP contribution in [0.1, 0.15) is 17.4 Å². The van der Waals surface area contributed by atoms with E-state index in [1.807, 2.05) is 49.4 Å². The smallest absolute Gasteiger partial charge is 0.272 e. The fraction of sp³-hybridized carbons (Fsp3) is 0.200. The van der Waals surface area contributed by atoms with Gasteiger partial charge in [0.05, 0.1) is 18.0 Å². The second-order valence-corrected chi connectivity index (χ2v) is 6.21. The summed E-state index contributed by atoms with van der Waals surface area (Å²) in [5.74, 6) is -0.168. The summed E-state index contributed by atoms with van der Waals surface area (Å²) < 4.78 is 1.65. The van der Waals surface area contributed by atoms with E-state index >= 15 is 0 Å². The minimum Gasteiger partial charge on any atom is -0.395 e. The van der Waals surface area contributed by atoms with Gasteiger partial charge in [0.2, 0.25) is 0 Å². The molecular formula is C20H20ClN3O2. The number of nitrogens with zero attached hydrogens (tertiary/aromatic N) is 3. The molecule has 2 aromatic carbocycles. The van der Waals surface area contributed by atoms with Crippen LogP contribution in [0.15, 0.2) is 60.7 Å². The van der Waals surface area contributed by atoms with E-state index in [1.54, 1.807) is 27.8 Å². The molecular weight excluding hydrogens is 350 g/mol. The van der Waals surface area contributed by atoms with Gasteiger partial charge in [0.1, 0.15) is 5.69 Å². The zero-order valence-electron chi connectivity index (χ0n) is 14.5. The first-order valence-electron chi connectivity index (χ1n) is 8.45. The molecule has 26 heavy (non-hydrogen) atoms. The third-order valence-corrected chi connectivity index (χ3v) is 4.36. The van der Waals surface area contributed by atoms with E-state index in [0.29, 0.717) is 23.0 Å². The number of aliphatic hydroxyl groups excluding tert-OH is 1. The van der Waals surface area contributed by atoms with Crippen LogP contribution >= 0.6 is 11.6 Å². The Morgan fingerprint density at radius 3 is 2.46 bits per heavy atom. The van der Waals surface area contributed by atoms with E-state index in [2.05, 4.69) is 5.10 Å². The van der Waals surface area contributed by atoms with Crippen LogP contribution in [0.25, 0.3) is 16.9 Å². The van der Waals surface area contributed by atoms with Crippen molar-refractivity contribution >= 4 is 17.5 Å². The van der Waals surface area contributed by atoms with Crippen LogP contribution in [0.2, 0.25) is 5.02 Å². The van der Waals surface area contributed by atoms with E-state index < -0.39 is 0 Å². The summed E-state index contributed by atoms with van der Waals surface area (Å²) >= 11 is 5.97. The molecule has 0 aliphatic carbocycles. The number of benzene rings is 2. The summed E-state index contributed by atoms with van der Waals surface area (Å²) in [5, 5.41) is 14.5. The summed E-state index contributed by atoms with van der Waals surface area (Å²) in [5.41, 5.74) is 2.82. The SMILES string of the molecule is CCN(CCO)C(=O)c1cc(-c2ccc(Cl)cc2)nn1-c1ccccc1. The van der Waals surface area contributed by atoms with Gasteiger partial charge in [-0.25, -0.2) is 4.68 Å². The van der Waals surface area contributed by atoms with Crippen molar-refractivity contribution < 1.29 is 9.90 Å². The van der Waals surface area contributed by atoms with Gasteiger partial charge in [0, 0.05) is 23.7 Å². The number of halogens is 1. The van der Waals surface area contributed by atoms with Crippen molar-refractivity contribution in [2.75, 3.05) is 19.7 Å². The molecule has 1 N–H and O–H groups in total. The molecule has 6 heteroatoms. The highest BCUT2D eigenvalue weighted by molar-refractivity contribution is 6.30. The van der Waals surface area contributed by atoms with E-state index in [4.69, 9.17) is 11.6 Å². The molecule has 1 heterocycles. The van der Waals surface area contributed by atoms with Gasteiger partial charge in [0.25, 0.3) is 5.91 Å². The van der Waals surface area contributed by atoms with Crippen LogP contribution in [-0.4, -0.2) is 45.4 Å². The van der Waals surface area contributed by atoms with E-state index in [-0.39, 0.29) is 19.1 Å². The number of carbonyl (C=O) groups is 1. The fourth-order valence-corrected chi connectivity index (χ4v) is 2.87. The predicted octanol–water partition coefficient (Wildman–Crippen LogP) is 3.65. The van der Waals surface area contributed by atoms with Gasteiger partial charge in [-0.1, -0.05) is 41.9 Å². The number of rotatable bonds is 6. The van der Waals surface area contributed by atoms with Crippen molar-refractivity contribution in [3.8, 4) is 16.9 Å². The van der Waals surface area contributed by atoms with Gasteiger partial charge in [-0.15, -0.1) is 0 Å². The molecule has 0 atom stereocenters. The Kier molecular flexibility index (Phi) is 5.71. The topological polar surface area (TPSA) is 58.4 Å². The van der Waals surface area contributed by atoms with Crippen LogP contribution in [0.3, 0.4) is 0 Å². The maximum Gasteiger partial charge on any atom is 0.272 e. The van der Waals surface area contributed by atoms with Crippen molar-refractivity contribution in [3.63, 3.8) is 0 Å². The number of likely N-dealkylation sites (N-methyl/N-ethyl adjacent to an activating group) is 1. The van der Waals surface area contributed by atoms with E-state index in [9.17, 15) is 9.90 Å². The molecule has 0 radical (unpaired) electrons. The van der Waals surface area contributed by atoms with Gasteiger partial charge < -0.3 is 10.0 Å². The normalized spacial score (nSPS) is 10.7. The minimum absolute atomic E-state index is 0.0803. The fourth-order valence-electron chi connectivity index (χ4n) is 2.75. The molecule has 0 saturated heterocycles. The van der Waals surface area contributed by atoms with Crippen LogP contribution in [-0.2, 0) is 0 Å². The molecule has 5 nitrogen and oxygen atoms in total. The Morgan fingerprint density at radius 1 is 1.15 bits per heavy atom. The summed E-state index contributed by atoms with van der Waals surface area (Å²) in [7, 11) is 0. The third kappa shape index (κ3) is 3.79. The van der Waals surface area contributed by atoms with Crippen LogP contribution in [0, 0.1) is 0 Å². The van der Waals surface area contributed by atoms with Gasteiger partial charge in [0.15, 0.2) is 0 Å². The number of hydrogen-bond acceptors (Lipinski definition) is 3. The summed E-state index contributed by atoms with van der Waals surface area (Å²) in [6.45, 7) is 2.60. The first-order valence-corrected chi connectivity index (χ1v) is 8.83. The molecule has 1 aromatic heterocycles. The Bertz CT molecular complexity index is 876. The highest BCUT2D eigenvalue weighted by atomic mass is 35.5. The number of carbonyl (C=O) groups excluding carboxylic acids is 1. The first-order chi connectivity index (χ1) is 12.6. The van der Waals surface area contributed by atoms with Crippen molar-refractivity contribution in [2.45, 2.75) is 6.92 Å². The number of aliphatic hydroxyl groups is 1. The van der Waals surface area contributed by atoms with Gasteiger partial charge in [-0.2, -0.15) is 5.10 Å². The number of para-hydroxylation sites is 1. The third-order valence-electron chi connectivity index (χ3n) is 4.11. The van der Waals surface area contributed by atoms with Gasteiger partial charge in [-0.3, -0.25) is 4.79 Å². The quantitative estimate of drug-likeness (QED) is 0.721. The molecule has 0 saturated carbocycles. The summed E-state index contributed by atoms with van der Waals surface area (Å²) in [6, 6.07) is 18.6. The zero-order valence-corrected chi connectivity index (χ0v) is 15.2. The molecule has 134 valence electrons. The highest BCUT2D eigenvalue weighted by Crippen LogP contribution is 2.24. The largest absolute Gasteiger partial charge is 0.395 e. The Hall–Kier alpha value is -2.63. The maximum absolute atomic E-state index is 13.0.